The normalized spacial score (nSPS) is 10.4. The number of anilines is 2. The van der Waals surface area contributed by atoms with Gasteiger partial charge in [-0.15, -0.1) is 10.2 Å². The molecule has 0 aliphatic heterocycles. The van der Waals surface area contributed by atoms with Crippen LogP contribution in [0.15, 0.2) is 54.6 Å². The van der Waals surface area contributed by atoms with E-state index in [0.29, 0.717) is 18.1 Å². The number of amides is 1. The lowest BCUT2D eigenvalue weighted by Gasteiger charge is -2.10. The molecule has 132 valence electrons. The summed E-state index contributed by atoms with van der Waals surface area (Å²) in [4.78, 5) is 12.3. The molecule has 0 fully saturated rings. The van der Waals surface area contributed by atoms with E-state index in [1.165, 1.54) is 5.56 Å². The molecule has 1 heterocycles. The Kier molecular flexibility index (Phi) is 5.27. The average molecular weight is 346 g/mol. The van der Waals surface area contributed by atoms with Gasteiger partial charge in [0.05, 0.1) is 0 Å². The van der Waals surface area contributed by atoms with Crippen LogP contribution in [0.2, 0.25) is 0 Å². The third kappa shape index (κ3) is 4.25. The number of hydrogen-bond acceptors (Lipinski definition) is 4. The van der Waals surface area contributed by atoms with Crippen LogP contribution in [-0.2, 0) is 6.54 Å². The summed E-state index contributed by atoms with van der Waals surface area (Å²) in [6.45, 7) is 6.56. The zero-order valence-electron chi connectivity index (χ0n) is 15.2. The smallest absolute Gasteiger partial charge is 0.272 e. The molecule has 0 atom stereocenters. The highest BCUT2D eigenvalue weighted by atomic mass is 16.1. The maximum absolute atomic E-state index is 12.3. The van der Waals surface area contributed by atoms with Crippen molar-refractivity contribution < 1.29 is 4.79 Å². The second kappa shape index (κ2) is 7.78. The van der Waals surface area contributed by atoms with Gasteiger partial charge >= 0.3 is 0 Å². The van der Waals surface area contributed by atoms with E-state index in [1.54, 1.807) is 12.1 Å². The Morgan fingerprint density at radius 3 is 2.46 bits per heavy atom. The molecule has 0 unspecified atom stereocenters. The van der Waals surface area contributed by atoms with Gasteiger partial charge in [-0.25, -0.2) is 0 Å². The highest BCUT2D eigenvalue weighted by Gasteiger charge is 2.09. The molecule has 1 amide bonds. The third-order valence-electron chi connectivity index (χ3n) is 4.25. The molecule has 5 heteroatoms. The number of rotatable bonds is 5. The van der Waals surface area contributed by atoms with Crippen molar-refractivity contribution in [3.63, 3.8) is 0 Å². The van der Waals surface area contributed by atoms with Crippen LogP contribution in [0.25, 0.3) is 0 Å². The van der Waals surface area contributed by atoms with Crippen LogP contribution >= 0.6 is 0 Å². The first kappa shape index (κ1) is 17.6. The molecule has 0 bridgehead atoms. The van der Waals surface area contributed by atoms with Crippen molar-refractivity contribution in [2.45, 2.75) is 27.3 Å². The Hall–Kier alpha value is -3.21. The Bertz CT molecular complexity index is 920. The van der Waals surface area contributed by atoms with Crippen LogP contribution in [0.3, 0.4) is 0 Å². The molecular weight excluding hydrogens is 324 g/mol. The maximum Gasteiger partial charge on any atom is 0.272 e. The van der Waals surface area contributed by atoms with E-state index in [4.69, 9.17) is 0 Å². The maximum atomic E-state index is 12.3. The van der Waals surface area contributed by atoms with E-state index in [2.05, 4.69) is 39.0 Å². The van der Waals surface area contributed by atoms with Gasteiger partial charge in [0.25, 0.3) is 5.91 Å². The molecule has 2 N–H and O–H groups in total. The van der Waals surface area contributed by atoms with Gasteiger partial charge in [0.2, 0.25) is 0 Å². The highest BCUT2D eigenvalue weighted by Crippen LogP contribution is 2.20. The van der Waals surface area contributed by atoms with E-state index >= 15 is 0 Å². The molecule has 0 spiro atoms. The van der Waals surface area contributed by atoms with Gasteiger partial charge in [0.1, 0.15) is 0 Å². The largest absolute Gasteiger partial charge is 0.347 e. The van der Waals surface area contributed by atoms with Crippen molar-refractivity contribution in [1.29, 1.82) is 0 Å². The lowest BCUT2D eigenvalue weighted by molar-refractivity contribution is 0.0945. The summed E-state index contributed by atoms with van der Waals surface area (Å²) in [5.41, 5.74) is 5.80. The number of benzene rings is 2. The van der Waals surface area contributed by atoms with Crippen molar-refractivity contribution in [3.8, 4) is 0 Å². The zero-order valence-corrected chi connectivity index (χ0v) is 15.2. The number of carbonyl (C=O) groups is 1. The Morgan fingerprint density at radius 2 is 1.73 bits per heavy atom. The number of nitrogens with one attached hydrogen (secondary N) is 2. The van der Waals surface area contributed by atoms with Gasteiger partial charge in [0.15, 0.2) is 11.5 Å². The monoisotopic (exact) mass is 346 g/mol. The van der Waals surface area contributed by atoms with Crippen LogP contribution in [0.5, 0.6) is 0 Å². The average Bonchev–Trinajstić information content (AvgIpc) is 2.64. The summed E-state index contributed by atoms with van der Waals surface area (Å²) in [6.07, 6.45) is 0. The first-order valence-corrected chi connectivity index (χ1v) is 8.53. The van der Waals surface area contributed by atoms with Gasteiger partial charge in [-0.05, 0) is 61.2 Å². The Labute approximate surface area is 153 Å². The van der Waals surface area contributed by atoms with Crippen molar-refractivity contribution in [2.75, 3.05) is 5.32 Å². The summed E-state index contributed by atoms with van der Waals surface area (Å²) >= 11 is 0. The van der Waals surface area contributed by atoms with E-state index < -0.39 is 0 Å². The molecule has 0 saturated carbocycles. The van der Waals surface area contributed by atoms with Gasteiger partial charge in [0, 0.05) is 12.2 Å². The van der Waals surface area contributed by atoms with E-state index in [-0.39, 0.29) is 5.91 Å². The summed E-state index contributed by atoms with van der Waals surface area (Å²) in [5.74, 6) is 0.369. The molecule has 1 aromatic heterocycles. The van der Waals surface area contributed by atoms with Crippen molar-refractivity contribution in [2.24, 2.45) is 0 Å². The van der Waals surface area contributed by atoms with Gasteiger partial charge in [-0.2, -0.15) is 0 Å². The minimum absolute atomic E-state index is 0.237. The fraction of sp³-hybridized carbons (Fsp3) is 0.190. The van der Waals surface area contributed by atoms with Crippen LogP contribution in [-0.4, -0.2) is 16.1 Å². The first-order chi connectivity index (χ1) is 12.5. The highest BCUT2D eigenvalue weighted by molar-refractivity contribution is 5.92. The summed E-state index contributed by atoms with van der Waals surface area (Å²) in [7, 11) is 0. The molecule has 0 saturated heterocycles. The van der Waals surface area contributed by atoms with Crippen molar-refractivity contribution in [1.82, 2.24) is 15.5 Å². The lowest BCUT2D eigenvalue weighted by atomic mass is 10.1. The van der Waals surface area contributed by atoms with Crippen LogP contribution < -0.4 is 10.6 Å². The summed E-state index contributed by atoms with van der Waals surface area (Å²) in [5, 5.41) is 14.3. The van der Waals surface area contributed by atoms with E-state index in [9.17, 15) is 4.79 Å². The zero-order chi connectivity index (χ0) is 18.5. The Balaban J connectivity index is 1.64. The Morgan fingerprint density at radius 1 is 0.923 bits per heavy atom. The molecule has 0 aliphatic carbocycles. The molecule has 3 aromatic rings. The van der Waals surface area contributed by atoms with Gasteiger partial charge in [-0.3, -0.25) is 4.79 Å². The summed E-state index contributed by atoms with van der Waals surface area (Å²) < 4.78 is 0. The molecule has 0 aliphatic rings. The first-order valence-electron chi connectivity index (χ1n) is 8.53. The second-order valence-electron chi connectivity index (χ2n) is 6.36. The minimum atomic E-state index is -0.237. The fourth-order valence-electron chi connectivity index (χ4n) is 2.60. The standard InChI is InChI=1S/C21H22N4O/c1-14-8-9-16(3)19(12-14)23-20-11-10-18(24-25-20)21(26)22-13-17-7-5-4-6-15(17)2/h4-12H,13H2,1-3H3,(H,22,26)(H,23,25). The minimum Gasteiger partial charge on any atom is -0.347 e. The van der Waals surface area contributed by atoms with Crippen LogP contribution in [0, 0.1) is 20.8 Å². The van der Waals surface area contributed by atoms with Crippen molar-refractivity contribution in [3.05, 3.63) is 82.5 Å². The fourth-order valence-corrected chi connectivity index (χ4v) is 2.60. The predicted octanol–water partition coefficient (Wildman–Crippen LogP) is 4.08. The topological polar surface area (TPSA) is 66.9 Å². The predicted molar refractivity (Wildman–Crippen MR) is 104 cm³/mol. The molecule has 26 heavy (non-hydrogen) atoms. The molecule has 2 aromatic carbocycles. The second-order valence-corrected chi connectivity index (χ2v) is 6.36. The molecule has 0 radical (unpaired) electrons. The SMILES string of the molecule is Cc1ccc(C)c(Nc2ccc(C(=O)NCc3ccccc3C)nn2)c1. The molecular formula is C21H22N4O. The number of carbonyl (C=O) groups excluding carboxylic acids is 1. The lowest BCUT2D eigenvalue weighted by Crippen LogP contribution is -2.24. The van der Waals surface area contributed by atoms with Gasteiger partial charge < -0.3 is 10.6 Å². The van der Waals surface area contributed by atoms with Gasteiger partial charge in [-0.1, -0.05) is 36.4 Å². The number of aryl methyl sites for hydroxylation is 3. The number of aromatic nitrogens is 2. The number of nitrogens with zero attached hydrogens (tertiary/aromatic N) is 2. The molecule has 5 nitrogen and oxygen atoms in total. The summed E-state index contributed by atoms with van der Waals surface area (Å²) in [6, 6.07) is 17.6. The quantitative estimate of drug-likeness (QED) is 0.731. The van der Waals surface area contributed by atoms with Crippen LogP contribution in [0.4, 0.5) is 11.5 Å². The van der Waals surface area contributed by atoms with E-state index in [1.807, 2.05) is 45.0 Å². The van der Waals surface area contributed by atoms with Crippen molar-refractivity contribution >= 4 is 17.4 Å². The molecule has 3 rings (SSSR count). The number of hydrogen-bond donors (Lipinski definition) is 2. The third-order valence-corrected chi connectivity index (χ3v) is 4.25. The van der Waals surface area contributed by atoms with E-state index in [0.717, 1.165) is 22.4 Å². The van der Waals surface area contributed by atoms with Crippen LogP contribution in [0.1, 0.15) is 32.7 Å².